The minimum atomic E-state index is -1.26. The van der Waals surface area contributed by atoms with Gasteiger partial charge in [0.05, 0.1) is 27.0 Å². The van der Waals surface area contributed by atoms with Gasteiger partial charge in [-0.3, -0.25) is 4.21 Å². The van der Waals surface area contributed by atoms with E-state index in [9.17, 15) is 9.00 Å². The molecule has 0 spiro atoms. The number of nitrogens with zero attached hydrogens (tertiary/aromatic N) is 1. The molecule has 0 radical (unpaired) electrons. The van der Waals surface area contributed by atoms with Gasteiger partial charge in [0, 0.05) is 22.2 Å². The Morgan fingerprint density at radius 1 is 1.20 bits per heavy atom. The summed E-state index contributed by atoms with van der Waals surface area (Å²) in [6.07, 6.45) is 1.53. The van der Waals surface area contributed by atoms with Crippen molar-refractivity contribution in [2.45, 2.75) is 11.5 Å². The molecule has 2 aromatic carbocycles. The van der Waals surface area contributed by atoms with Crippen LogP contribution < -0.4 is 0 Å². The molecular formula is C18H14ClNO3S2. The van der Waals surface area contributed by atoms with Crippen LogP contribution in [0.25, 0.3) is 10.6 Å². The van der Waals surface area contributed by atoms with Crippen molar-refractivity contribution >= 4 is 39.7 Å². The smallest absolute Gasteiger partial charge is 0.339 e. The molecule has 3 aromatic rings. The number of ether oxygens (including phenoxy) is 1. The summed E-state index contributed by atoms with van der Waals surface area (Å²) in [6.45, 7) is 0.0631. The molecular weight excluding hydrogens is 378 g/mol. The molecule has 3 rings (SSSR count). The molecule has 7 heteroatoms. The number of benzene rings is 2. The lowest BCUT2D eigenvalue weighted by atomic mass is 10.2. The molecule has 1 aromatic heterocycles. The Labute approximate surface area is 156 Å². The van der Waals surface area contributed by atoms with Gasteiger partial charge in [-0.15, -0.1) is 11.3 Å². The van der Waals surface area contributed by atoms with Crippen molar-refractivity contribution in [1.82, 2.24) is 4.98 Å². The van der Waals surface area contributed by atoms with E-state index < -0.39 is 16.8 Å². The molecule has 0 saturated carbocycles. The molecule has 128 valence electrons. The highest BCUT2D eigenvalue weighted by Crippen LogP contribution is 2.25. The normalized spacial score (nSPS) is 11.9. The van der Waals surface area contributed by atoms with Crippen LogP contribution in [0.5, 0.6) is 0 Å². The van der Waals surface area contributed by atoms with Gasteiger partial charge in [0.15, 0.2) is 0 Å². The highest BCUT2D eigenvalue weighted by Gasteiger charge is 2.15. The minimum Gasteiger partial charge on any atom is -0.456 e. The first-order chi connectivity index (χ1) is 12.0. The van der Waals surface area contributed by atoms with E-state index in [4.69, 9.17) is 16.3 Å². The third-order valence-corrected chi connectivity index (χ3v) is 5.58. The van der Waals surface area contributed by atoms with Crippen LogP contribution in [0.1, 0.15) is 16.1 Å². The first-order valence-corrected chi connectivity index (χ1v) is 10.2. The van der Waals surface area contributed by atoms with Gasteiger partial charge in [-0.1, -0.05) is 35.9 Å². The Hall–Kier alpha value is -2.02. The fourth-order valence-electron chi connectivity index (χ4n) is 2.20. The van der Waals surface area contributed by atoms with Crippen molar-refractivity contribution in [3.63, 3.8) is 0 Å². The summed E-state index contributed by atoms with van der Waals surface area (Å²) in [4.78, 5) is 17.2. The van der Waals surface area contributed by atoms with Gasteiger partial charge >= 0.3 is 5.97 Å². The molecule has 0 aliphatic carbocycles. The van der Waals surface area contributed by atoms with Gasteiger partial charge in [0.2, 0.25) is 0 Å². The third-order valence-electron chi connectivity index (χ3n) is 3.41. The number of halogens is 1. The molecule has 0 aliphatic rings. The fraction of sp³-hybridized carbons (Fsp3) is 0.111. The second-order valence-corrected chi connectivity index (χ2v) is 7.82. The number of esters is 1. The van der Waals surface area contributed by atoms with E-state index in [0.29, 0.717) is 21.2 Å². The molecule has 0 saturated heterocycles. The van der Waals surface area contributed by atoms with Crippen LogP contribution in [-0.4, -0.2) is 21.4 Å². The lowest BCUT2D eigenvalue weighted by molar-refractivity contribution is 0.0464. The molecule has 0 aliphatic heterocycles. The van der Waals surface area contributed by atoms with E-state index in [1.54, 1.807) is 36.4 Å². The number of aromatic nitrogens is 1. The maximum atomic E-state index is 12.3. The minimum absolute atomic E-state index is 0.0631. The summed E-state index contributed by atoms with van der Waals surface area (Å²) in [6, 6.07) is 14.1. The molecule has 0 bridgehead atoms. The van der Waals surface area contributed by atoms with Gasteiger partial charge in [-0.25, -0.2) is 9.78 Å². The van der Waals surface area contributed by atoms with Crippen LogP contribution in [0, 0.1) is 0 Å². The second kappa shape index (κ2) is 7.91. The molecule has 0 N–H and O–H groups in total. The maximum absolute atomic E-state index is 12.3. The molecule has 1 heterocycles. The zero-order valence-electron chi connectivity index (χ0n) is 13.3. The van der Waals surface area contributed by atoms with E-state index in [0.717, 1.165) is 10.6 Å². The van der Waals surface area contributed by atoms with E-state index in [1.165, 1.54) is 17.6 Å². The molecule has 0 fully saturated rings. The first kappa shape index (κ1) is 17.8. The van der Waals surface area contributed by atoms with Gasteiger partial charge in [-0.2, -0.15) is 0 Å². The number of carbonyl (C=O) groups is 1. The lowest BCUT2D eigenvalue weighted by Gasteiger charge is -2.06. The van der Waals surface area contributed by atoms with Crippen LogP contribution in [-0.2, 0) is 22.1 Å². The maximum Gasteiger partial charge on any atom is 0.339 e. The van der Waals surface area contributed by atoms with E-state index in [1.807, 2.05) is 17.5 Å². The number of carbonyl (C=O) groups excluding carboxylic acids is 1. The first-order valence-electron chi connectivity index (χ1n) is 7.34. The van der Waals surface area contributed by atoms with E-state index in [-0.39, 0.29) is 6.61 Å². The zero-order valence-corrected chi connectivity index (χ0v) is 15.7. The average molecular weight is 392 g/mol. The van der Waals surface area contributed by atoms with Crippen molar-refractivity contribution in [3.05, 3.63) is 70.2 Å². The van der Waals surface area contributed by atoms with Gasteiger partial charge in [-0.05, 0) is 24.3 Å². The summed E-state index contributed by atoms with van der Waals surface area (Å²) in [7, 11) is -1.26. The molecule has 0 unspecified atom stereocenters. The van der Waals surface area contributed by atoms with Crippen LogP contribution in [0.15, 0.2) is 58.8 Å². The van der Waals surface area contributed by atoms with Gasteiger partial charge < -0.3 is 4.74 Å². The summed E-state index contributed by atoms with van der Waals surface area (Å²) < 4.78 is 17.0. The van der Waals surface area contributed by atoms with Crippen molar-refractivity contribution in [2.75, 3.05) is 6.26 Å². The SMILES string of the molecule is C[S@](=O)c1ccccc1C(=O)OCc1csc(-c2ccc(Cl)cc2)n1. The van der Waals surface area contributed by atoms with Crippen molar-refractivity contribution in [1.29, 1.82) is 0 Å². The van der Waals surface area contributed by atoms with Crippen molar-refractivity contribution in [3.8, 4) is 10.6 Å². The summed E-state index contributed by atoms with van der Waals surface area (Å²) >= 11 is 7.36. The Balaban J connectivity index is 1.69. The van der Waals surface area contributed by atoms with Crippen molar-refractivity contribution < 1.29 is 13.7 Å². The third kappa shape index (κ3) is 4.34. The summed E-state index contributed by atoms with van der Waals surface area (Å²) in [5.74, 6) is -0.508. The van der Waals surface area contributed by atoms with Crippen LogP contribution in [0.4, 0.5) is 0 Å². The van der Waals surface area contributed by atoms with Crippen LogP contribution in [0.3, 0.4) is 0 Å². The topological polar surface area (TPSA) is 56.3 Å². The Kier molecular flexibility index (Phi) is 5.63. The second-order valence-electron chi connectivity index (χ2n) is 5.18. The van der Waals surface area contributed by atoms with E-state index >= 15 is 0 Å². The Morgan fingerprint density at radius 3 is 2.64 bits per heavy atom. The fourth-order valence-corrected chi connectivity index (χ4v) is 3.87. The molecule has 25 heavy (non-hydrogen) atoms. The highest BCUT2D eigenvalue weighted by atomic mass is 35.5. The number of hydrogen-bond acceptors (Lipinski definition) is 5. The number of hydrogen-bond donors (Lipinski definition) is 0. The lowest BCUT2D eigenvalue weighted by Crippen LogP contribution is -2.09. The standard InChI is InChI=1S/C18H14ClNO3S2/c1-25(22)16-5-3-2-4-15(16)18(21)23-10-14-11-24-17(20-14)12-6-8-13(19)9-7-12/h2-9,11H,10H2,1H3/t25-/m0/s1. The average Bonchev–Trinajstić information content (AvgIpc) is 3.09. The Bertz CT molecular complexity index is 922. The van der Waals surface area contributed by atoms with Gasteiger partial charge in [0.25, 0.3) is 0 Å². The quantitative estimate of drug-likeness (QED) is 0.598. The van der Waals surface area contributed by atoms with Crippen LogP contribution >= 0.6 is 22.9 Å². The number of thiazole rings is 1. The van der Waals surface area contributed by atoms with Crippen molar-refractivity contribution in [2.24, 2.45) is 0 Å². The summed E-state index contributed by atoms with van der Waals surface area (Å²) in [5, 5.41) is 3.35. The Morgan fingerprint density at radius 2 is 1.92 bits per heavy atom. The molecule has 4 nitrogen and oxygen atoms in total. The largest absolute Gasteiger partial charge is 0.456 e. The predicted octanol–water partition coefficient (Wildman–Crippen LogP) is 4.56. The molecule has 1 atom stereocenters. The van der Waals surface area contributed by atoms with E-state index in [2.05, 4.69) is 4.98 Å². The van der Waals surface area contributed by atoms with Gasteiger partial charge in [0.1, 0.15) is 11.6 Å². The number of rotatable bonds is 5. The molecule has 0 amide bonds. The van der Waals surface area contributed by atoms with Crippen LogP contribution in [0.2, 0.25) is 5.02 Å². The highest BCUT2D eigenvalue weighted by molar-refractivity contribution is 7.84. The predicted molar refractivity (Wildman–Crippen MR) is 100 cm³/mol. The zero-order chi connectivity index (χ0) is 17.8. The monoisotopic (exact) mass is 391 g/mol. The summed E-state index contributed by atoms with van der Waals surface area (Å²) in [5.41, 5.74) is 1.94.